The van der Waals surface area contributed by atoms with Gasteiger partial charge in [-0.2, -0.15) is 0 Å². The second-order valence-corrected chi connectivity index (χ2v) is 5.82. The summed E-state index contributed by atoms with van der Waals surface area (Å²) in [6.45, 7) is 2.75. The van der Waals surface area contributed by atoms with E-state index in [2.05, 4.69) is 29.8 Å². The zero-order valence-electron chi connectivity index (χ0n) is 11.2. The van der Waals surface area contributed by atoms with Crippen molar-refractivity contribution in [3.8, 4) is 5.75 Å². The highest BCUT2D eigenvalue weighted by molar-refractivity contribution is 7.09. The number of hydrogen-bond donors (Lipinski definition) is 1. The summed E-state index contributed by atoms with van der Waals surface area (Å²) in [4.78, 5) is 1.33. The summed E-state index contributed by atoms with van der Waals surface area (Å²) in [6, 6.07) is 10.4. The minimum absolute atomic E-state index is 0.290. The molecule has 1 heterocycles. The minimum atomic E-state index is 0.290. The quantitative estimate of drug-likeness (QED) is 0.858. The Morgan fingerprint density at radius 3 is 2.84 bits per heavy atom. The summed E-state index contributed by atoms with van der Waals surface area (Å²) >= 11 is 7.99. The van der Waals surface area contributed by atoms with E-state index in [4.69, 9.17) is 16.3 Å². The van der Waals surface area contributed by atoms with E-state index in [0.717, 1.165) is 17.7 Å². The molecule has 19 heavy (non-hydrogen) atoms. The first-order valence-corrected chi connectivity index (χ1v) is 7.58. The van der Waals surface area contributed by atoms with Gasteiger partial charge in [-0.15, -0.1) is 11.3 Å². The van der Waals surface area contributed by atoms with Crippen LogP contribution in [0, 0.1) is 0 Å². The Labute approximate surface area is 123 Å². The van der Waals surface area contributed by atoms with E-state index in [-0.39, 0.29) is 6.04 Å². The third-order valence-corrected chi connectivity index (χ3v) is 4.31. The number of halogens is 1. The molecule has 0 saturated carbocycles. The molecule has 2 rings (SSSR count). The Morgan fingerprint density at radius 2 is 2.21 bits per heavy atom. The summed E-state index contributed by atoms with van der Waals surface area (Å²) in [5, 5.41) is 5.94. The Bertz CT molecular complexity index is 513. The fourth-order valence-electron chi connectivity index (χ4n) is 1.79. The molecule has 1 atom stereocenters. The van der Waals surface area contributed by atoms with Gasteiger partial charge in [0.25, 0.3) is 0 Å². The van der Waals surface area contributed by atoms with E-state index >= 15 is 0 Å². The van der Waals surface area contributed by atoms with E-state index in [1.807, 2.05) is 25.2 Å². The number of ether oxygens (including phenoxy) is 1. The van der Waals surface area contributed by atoms with Crippen molar-refractivity contribution in [3.63, 3.8) is 0 Å². The van der Waals surface area contributed by atoms with Crippen LogP contribution < -0.4 is 10.1 Å². The molecule has 0 radical (unpaired) electrons. The molecule has 0 spiro atoms. The molecule has 0 fully saturated rings. The van der Waals surface area contributed by atoms with Gasteiger partial charge < -0.3 is 10.1 Å². The van der Waals surface area contributed by atoms with E-state index in [1.165, 1.54) is 4.88 Å². The zero-order valence-corrected chi connectivity index (χ0v) is 12.7. The van der Waals surface area contributed by atoms with Crippen molar-refractivity contribution in [2.75, 3.05) is 13.7 Å². The van der Waals surface area contributed by atoms with Gasteiger partial charge in [-0.1, -0.05) is 23.7 Å². The summed E-state index contributed by atoms with van der Waals surface area (Å²) in [7, 11) is 1.93. The maximum absolute atomic E-state index is 6.24. The lowest BCUT2D eigenvalue weighted by molar-refractivity contribution is 0.323. The second-order valence-electron chi connectivity index (χ2n) is 4.38. The molecular formula is C15H18ClNOS. The molecular weight excluding hydrogens is 278 g/mol. The van der Waals surface area contributed by atoms with E-state index < -0.39 is 0 Å². The number of benzene rings is 1. The predicted molar refractivity (Wildman–Crippen MR) is 82.4 cm³/mol. The van der Waals surface area contributed by atoms with Crippen LogP contribution >= 0.6 is 22.9 Å². The van der Waals surface area contributed by atoms with Crippen molar-refractivity contribution < 1.29 is 4.74 Å². The first kappa shape index (κ1) is 14.4. The fourth-order valence-corrected chi connectivity index (χ4v) is 2.72. The van der Waals surface area contributed by atoms with Crippen LogP contribution in [0.4, 0.5) is 0 Å². The van der Waals surface area contributed by atoms with Gasteiger partial charge in [-0.25, -0.2) is 0 Å². The Morgan fingerprint density at radius 1 is 1.37 bits per heavy atom. The average molecular weight is 296 g/mol. The normalized spacial score (nSPS) is 12.4. The van der Waals surface area contributed by atoms with Gasteiger partial charge in [0, 0.05) is 17.3 Å². The van der Waals surface area contributed by atoms with Gasteiger partial charge >= 0.3 is 0 Å². The Balaban J connectivity index is 1.93. The first-order chi connectivity index (χ1) is 9.20. The van der Waals surface area contributed by atoms with Crippen LogP contribution in [0.1, 0.15) is 23.4 Å². The summed E-state index contributed by atoms with van der Waals surface area (Å²) in [5.74, 6) is 0.755. The van der Waals surface area contributed by atoms with Gasteiger partial charge in [0.2, 0.25) is 0 Å². The maximum Gasteiger partial charge on any atom is 0.137 e. The lowest BCUT2D eigenvalue weighted by atomic mass is 10.1. The average Bonchev–Trinajstić information content (AvgIpc) is 2.93. The third-order valence-electron chi connectivity index (χ3n) is 3.08. The smallest absolute Gasteiger partial charge is 0.137 e. The lowest BCUT2D eigenvalue weighted by Gasteiger charge is -2.13. The molecule has 0 bridgehead atoms. The van der Waals surface area contributed by atoms with Crippen LogP contribution in [0.3, 0.4) is 0 Å². The Hall–Kier alpha value is -1.03. The number of rotatable bonds is 6. The monoisotopic (exact) mass is 295 g/mol. The van der Waals surface area contributed by atoms with E-state index in [9.17, 15) is 0 Å². The van der Waals surface area contributed by atoms with Crippen molar-refractivity contribution in [3.05, 3.63) is 51.2 Å². The van der Waals surface area contributed by atoms with Crippen LogP contribution in [0.25, 0.3) is 0 Å². The molecule has 0 aliphatic carbocycles. The van der Waals surface area contributed by atoms with Crippen LogP contribution in [0.5, 0.6) is 5.75 Å². The highest BCUT2D eigenvalue weighted by atomic mass is 35.5. The molecule has 2 nitrogen and oxygen atoms in total. The van der Waals surface area contributed by atoms with Crippen LogP contribution in [0.15, 0.2) is 35.7 Å². The molecule has 0 saturated heterocycles. The number of hydrogen-bond acceptors (Lipinski definition) is 3. The van der Waals surface area contributed by atoms with Crippen molar-refractivity contribution >= 4 is 22.9 Å². The highest BCUT2D eigenvalue weighted by Crippen LogP contribution is 2.28. The largest absolute Gasteiger partial charge is 0.492 e. The predicted octanol–water partition coefficient (Wildman–Crippen LogP) is 4.30. The molecule has 0 amide bonds. The third kappa shape index (κ3) is 3.96. The topological polar surface area (TPSA) is 21.3 Å². The molecule has 1 aromatic heterocycles. The standard InChI is InChI=1S/C15H18ClNOS/c1-11(17-2)12-5-6-15(14(16)10-12)18-8-7-13-4-3-9-19-13/h3-6,9-11,17H,7-8H2,1-2H3. The van der Waals surface area contributed by atoms with Gasteiger partial charge in [-0.3, -0.25) is 0 Å². The van der Waals surface area contributed by atoms with Crippen LogP contribution in [-0.4, -0.2) is 13.7 Å². The Kier molecular flexibility index (Phi) is 5.25. The van der Waals surface area contributed by atoms with Gasteiger partial charge in [0.15, 0.2) is 0 Å². The van der Waals surface area contributed by atoms with Gasteiger partial charge in [0.05, 0.1) is 11.6 Å². The molecule has 0 aliphatic heterocycles. The SMILES string of the molecule is CNC(C)c1ccc(OCCc2cccs2)c(Cl)c1. The van der Waals surface area contributed by atoms with E-state index in [1.54, 1.807) is 11.3 Å². The maximum atomic E-state index is 6.24. The summed E-state index contributed by atoms with van der Waals surface area (Å²) < 4.78 is 5.73. The molecule has 1 aromatic carbocycles. The van der Waals surface area contributed by atoms with Crippen LogP contribution in [-0.2, 0) is 6.42 Å². The van der Waals surface area contributed by atoms with Crippen molar-refractivity contribution in [2.24, 2.45) is 0 Å². The van der Waals surface area contributed by atoms with E-state index in [0.29, 0.717) is 11.6 Å². The molecule has 0 aliphatic rings. The number of nitrogens with one attached hydrogen (secondary N) is 1. The minimum Gasteiger partial charge on any atom is -0.492 e. The molecule has 2 aromatic rings. The molecule has 102 valence electrons. The van der Waals surface area contributed by atoms with Crippen molar-refractivity contribution in [1.82, 2.24) is 5.32 Å². The summed E-state index contributed by atoms with van der Waals surface area (Å²) in [5.41, 5.74) is 1.16. The van der Waals surface area contributed by atoms with Crippen molar-refractivity contribution in [1.29, 1.82) is 0 Å². The number of thiophene rings is 1. The molecule has 1 unspecified atom stereocenters. The second kappa shape index (κ2) is 6.94. The molecule has 1 N–H and O–H groups in total. The molecule has 4 heteroatoms. The first-order valence-electron chi connectivity index (χ1n) is 6.32. The summed E-state index contributed by atoms with van der Waals surface area (Å²) in [6.07, 6.45) is 0.919. The van der Waals surface area contributed by atoms with Crippen LogP contribution in [0.2, 0.25) is 5.02 Å². The lowest BCUT2D eigenvalue weighted by Crippen LogP contribution is -2.12. The van der Waals surface area contributed by atoms with Crippen molar-refractivity contribution in [2.45, 2.75) is 19.4 Å². The zero-order chi connectivity index (χ0) is 13.7. The van der Waals surface area contributed by atoms with Gasteiger partial charge in [0.1, 0.15) is 5.75 Å². The fraction of sp³-hybridized carbons (Fsp3) is 0.333. The highest BCUT2D eigenvalue weighted by Gasteiger charge is 2.07. The van der Waals surface area contributed by atoms with Gasteiger partial charge in [-0.05, 0) is 43.1 Å².